The van der Waals surface area contributed by atoms with Crippen LogP contribution < -0.4 is 4.74 Å². The van der Waals surface area contributed by atoms with Gasteiger partial charge < -0.3 is 9.84 Å². The summed E-state index contributed by atoms with van der Waals surface area (Å²) in [7, 11) is 0. The molecule has 1 aromatic rings. The molecular formula is C13H17NO2. The minimum Gasteiger partial charge on any atom is -0.488 e. The van der Waals surface area contributed by atoms with Crippen molar-refractivity contribution in [2.24, 2.45) is 5.92 Å². The fraction of sp³-hybridized carbons (Fsp3) is 0.538. The maximum atomic E-state index is 8.95. The predicted octanol–water partition coefficient (Wildman–Crippen LogP) is 0.914. The normalized spacial score (nSPS) is 24.9. The smallest absolute Gasteiger partial charge is 0.123 e. The Kier molecular flexibility index (Phi) is 2.58. The first-order valence-electron chi connectivity index (χ1n) is 5.93. The molecule has 16 heavy (non-hydrogen) atoms. The van der Waals surface area contributed by atoms with Gasteiger partial charge in [0.1, 0.15) is 11.9 Å². The Morgan fingerprint density at radius 2 is 2.12 bits per heavy atom. The van der Waals surface area contributed by atoms with Crippen LogP contribution in [0, 0.1) is 5.92 Å². The summed E-state index contributed by atoms with van der Waals surface area (Å²) in [6.07, 6.45) is 1.33. The minimum absolute atomic E-state index is 0.303. The molecule has 1 unspecified atom stereocenters. The Bertz CT molecular complexity index is 349. The van der Waals surface area contributed by atoms with Crippen molar-refractivity contribution >= 4 is 0 Å². The number of likely N-dealkylation sites (tertiary alicyclic amines) is 1. The van der Waals surface area contributed by atoms with Crippen LogP contribution in [0.2, 0.25) is 0 Å². The molecule has 1 fully saturated rings. The summed E-state index contributed by atoms with van der Waals surface area (Å²) in [4.78, 5) is 2.36. The van der Waals surface area contributed by atoms with E-state index >= 15 is 0 Å². The number of hydrogen-bond donors (Lipinski definition) is 1. The molecule has 86 valence electrons. The van der Waals surface area contributed by atoms with Crippen LogP contribution in [0.3, 0.4) is 0 Å². The van der Waals surface area contributed by atoms with Crippen molar-refractivity contribution in [1.82, 2.24) is 4.90 Å². The lowest BCUT2D eigenvalue weighted by molar-refractivity contribution is 0.0275. The first kappa shape index (κ1) is 10.1. The number of aliphatic hydroxyl groups is 1. The summed E-state index contributed by atoms with van der Waals surface area (Å²) < 4.78 is 5.88. The van der Waals surface area contributed by atoms with E-state index in [0.717, 1.165) is 31.8 Å². The van der Waals surface area contributed by atoms with E-state index in [9.17, 15) is 0 Å². The lowest BCUT2D eigenvalue weighted by Gasteiger charge is -2.39. The minimum atomic E-state index is 0.303. The van der Waals surface area contributed by atoms with E-state index in [2.05, 4.69) is 17.0 Å². The fourth-order valence-corrected chi connectivity index (χ4v) is 2.59. The molecule has 3 heteroatoms. The molecule has 2 heterocycles. The maximum absolute atomic E-state index is 8.95. The van der Waals surface area contributed by atoms with Crippen LogP contribution in [0.15, 0.2) is 24.3 Å². The maximum Gasteiger partial charge on any atom is 0.123 e. The monoisotopic (exact) mass is 219 g/mol. The van der Waals surface area contributed by atoms with Crippen LogP contribution in [-0.2, 0) is 6.42 Å². The van der Waals surface area contributed by atoms with Gasteiger partial charge in [-0.05, 0) is 11.6 Å². The predicted molar refractivity (Wildman–Crippen MR) is 61.6 cm³/mol. The summed E-state index contributed by atoms with van der Waals surface area (Å²) >= 11 is 0. The van der Waals surface area contributed by atoms with Gasteiger partial charge in [0.15, 0.2) is 0 Å². The Morgan fingerprint density at radius 3 is 2.88 bits per heavy atom. The van der Waals surface area contributed by atoms with E-state index in [1.165, 1.54) is 5.56 Å². The van der Waals surface area contributed by atoms with Gasteiger partial charge in [-0.3, -0.25) is 4.90 Å². The SMILES string of the molecule is OCC1CN(CC2Cc3ccccc3O2)C1. The Hall–Kier alpha value is -1.06. The van der Waals surface area contributed by atoms with E-state index in [1.54, 1.807) is 0 Å². The van der Waals surface area contributed by atoms with E-state index in [0.29, 0.717) is 18.6 Å². The third-order valence-corrected chi connectivity index (χ3v) is 3.47. The number of aliphatic hydroxyl groups excluding tert-OH is 1. The first-order chi connectivity index (χ1) is 7.85. The molecule has 1 saturated heterocycles. The highest BCUT2D eigenvalue weighted by Crippen LogP contribution is 2.29. The molecule has 1 N–H and O–H groups in total. The van der Waals surface area contributed by atoms with Gasteiger partial charge in [-0.2, -0.15) is 0 Å². The number of para-hydroxylation sites is 1. The number of nitrogens with zero attached hydrogens (tertiary/aromatic N) is 1. The van der Waals surface area contributed by atoms with E-state index in [1.807, 2.05) is 12.1 Å². The highest BCUT2D eigenvalue weighted by molar-refractivity contribution is 5.37. The van der Waals surface area contributed by atoms with Gasteiger partial charge >= 0.3 is 0 Å². The summed E-state index contributed by atoms with van der Waals surface area (Å²) in [6, 6.07) is 8.27. The molecule has 0 aliphatic carbocycles. The Morgan fingerprint density at radius 1 is 1.31 bits per heavy atom. The summed E-state index contributed by atoms with van der Waals surface area (Å²) in [5.41, 5.74) is 1.33. The molecular weight excluding hydrogens is 202 g/mol. The van der Waals surface area contributed by atoms with Crippen molar-refractivity contribution < 1.29 is 9.84 Å². The standard InChI is InChI=1S/C13H17NO2/c15-9-10-6-14(7-10)8-12-5-11-3-1-2-4-13(11)16-12/h1-4,10,12,15H,5-9H2. The van der Waals surface area contributed by atoms with E-state index in [4.69, 9.17) is 9.84 Å². The number of fused-ring (bicyclic) bond motifs is 1. The zero-order chi connectivity index (χ0) is 11.0. The van der Waals surface area contributed by atoms with Crippen LogP contribution in [-0.4, -0.2) is 42.4 Å². The topological polar surface area (TPSA) is 32.7 Å². The summed E-state index contributed by atoms with van der Waals surface area (Å²) in [6.45, 7) is 3.35. The van der Waals surface area contributed by atoms with Gasteiger partial charge in [0.05, 0.1) is 0 Å². The Balaban J connectivity index is 1.53. The van der Waals surface area contributed by atoms with Crippen LogP contribution in [0.25, 0.3) is 0 Å². The van der Waals surface area contributed by atoms with Crippen molar-refractivity contribution in [2.75, 3.05) is 26.2 Å². The lowest BCUT2D eigenvalue weighted by Crippen LogP contribution is -2.51. The molecule has 2 aliphatic rings. The Labute approximate surface area is 95.6 Å². The van der Waals surface area contributed by atoms with Gasteiger partial charge in [-0.1, -0.05) is 18.2 Å². The largest absolute Gasteiger partial charge is 0.488 e. The molecule has 0 amide bonds. The van der Waals surface area contributed by atoms with Gasteiger partial charge in [-0.15, -0.1) is 0 Å². The first-order valence-corrected chi connectivity index (χ1v) is 5.93. The number of benzene rings is 1. The third-order valence-electron chi connectivity index (χ3n) is 3.47. The van der Waals surface area contributed by atoms with Crippen LogP contribution in [0.5, 0.6) is 5.75 Å². The van der Waals surface area contributed by atoms with Crippen molar-refractivity contribution in [3.05, 3.63) is 29.8 Å². The number of ether oxygens (including phenoxy) is 1. The molecule has 0 spiro atoms. The summed E-state index contributed by atoms with van der Waals surface area (Å²) in [5.74, 6) is 1.54. The third kappa shape index (κ3) is 1.81. The molecule has 2 aliphatic heterocycles. The van der Waals surface area contributed by atoms with Gasteiger partial charge in [0.2, 0.25) is 0 Å². The highest BCUT2D eigenvalue weighted by Gasteiger charge is 2.31. The lowest BCUT2D eigenvalue weighted by atomic mass is 10.0. The van der Waals surface area contributed by atoms with Crippen molar-refractivity contribution in [3.63, 3.8) is 0 Å². The molecule has 0 radical (unpaired) electrons. The second kappa shape index (κ2) is 4.07. The van der Waals surface area contributed by atoms with E-state index < -0.39 is 0 Å². The van der Waals surface area contributed by atoms with Crippen molar-refractivity contribution in [3.8, 4) is 5.75 Å². The van der Waals surface area contributed by atoms with Crippen LogP contribution in [0.4, 0.5) is 0 Å². The molecule has 3 nitrogen and oxygen atoms in total. The molecule has 1 aromatic carbocycles. The summed E-state index contributed by atoms with van der Waals surface area (Å²) in [5, 5.41) is 8.95. The van der Waals surface area contributed by atoms with Gasteiger partial charge in [0.25, 0.3) is 0 Å². The number of rotatable bonds is 3. The molecule has 1 atom stereocenters. The molecule has 0 bridgehead atoms. The van der Waals surface area contributed by atoms with Crippen molar-refractivity contribution in [2.45, 2.75) is 12.5 Å². The average Bonchev–Trinajstić information content (AvgIpc) is 2.65. The highest BCUT2D eigenvalue weighted by atomic mass is 16.5. The van der Waals surface area contributed by atoms with Crippen LogP contribution >= 0.6 is 0 Å². The molecule has 0 aromatic heterocycles. The van der Waals surface area contributed by atoms with Gasteiger partial charge in [-0.25, -0.2) is 0 Å². The molecule has 3 rings (SSSR count). The van der Waals surface area contributed by atoms with E-state index in [-0.39, 0.29) is 0 Å². The second-order valence-corrected chi connectivity index (χ2v) is 4.82. The second-order valence-electron chi connectivity index (χ2n) is 4.82. The van der Waals surface area contributed by atoms with Gasteiger partial charge in [0, 0.05) is 38.6 Å². The zero-order valence-electron chi connectivity index (χ0n) is 9.30. The zero-order valence-corrected chi connectivity index (χ0v) is 9.30. The van der Waals surface area contributed by atoms with Crippen molar-refractivity contribution in [1.29, 1.82) is 0 Å². The molecule has 0 saturated carbocycles. The average molecular weight is 219 g/mol. The van der Waals surface area contributed by atoms with Crippen LogP contribution in [0.1, 0.15) is 5.56 Å². The number of hydrogen-bond acceptors (Lipinski definition) is 3. The quantitative estimate of drug-likeness (QED) is 0.820. The fourth-order valence-electron chi connectivity index (χ4n) is 2.59.